The van der Waals surface area contributed by atoms with Crippen molar-refractivity contribution in [2.24, 2.45) is 0 Å². The fourth-order valence-electron chi connectivity index (χ4n) is 2.25. The van der Waals surface area contributed by atoms with Crippen LogP contribution in [0.2, 0.25) is 0 Å². The Balaban J connectivity index is 1.78. The van der Waals surface area contributed by atoms with Crippen LogP contribution in [0.4, 0.5) is 0 Å². The van der Waals surface area contributed by atoms with Crippen molar-refractivity contribution >= 4 is 57.3 Å². The number of thioether (sulfide) groups is 1. The minimum atomic E-state index is -1.14. The highest BCUT2D eigenvalue weighted by Gasteiger charge is 2.31. The highest BCUT2D eigenvalue weighted by atomic mass is 32.2. The van der Waals surface area contributed by atoms with Crippen molar-refractivity contribution in [2.75, 3.05) is 6.54 Å². The average Bonchev–Trinajstić information content (AvgIpc) is 2.82. The molecule has 1 aromatic heterocycles. The molecule has 0 aliphatic carbocycles. The van der Waals surface area contributed by atoms with Crippen LogP contribution in [0.25, 0.3) is 17.1 Å². The van der Waals surface area contributed by atoms with Crippen LogP contribution in [0.3, 0.4) is 0 Å². The molecule has 0 atom stereocenters. The van der Waals surface area contributed by atoms with E-state index in [1.807, 2.05) is 24.3 Å². The van der Waals surface area contributed by atoms with Crippen molar-refractivity contribution in [3.63, 3.8) is 0 Å². The molecule has 3 rings (SSSR count). The third-order valence-electron chi connectivity index (χ3n) is 3.38. The number of carbonyl (C=O) groups is 2. The first-order chi connectivity index (χ1) is 11.5. The van der Waals surface area contributed by atoms with E-state index in [1.165, 1.54) is 16.7 Å². The Labute approximate surface area is 147 Å². The zero-order valence-electron chi connectivity index (χ0n) is 12.5. The van der Waals surface area contributed by atoms with E-state index in [9.17, 15) is 14.7 Å². The number of para-hydroxylation sites is 2. The van der Waals surface area contributed by atoms with Crippen molar-refractivity contribution in [3.05, 3.63) is 41.1 Å². The van der Waals surface area contributed by atoms with Crippen molar-refractivity contribution in [2.45, 2.75) is 12.8 Å². The van der Waals surface area contributed by atoms with Gasteiger partial charge in [-0.1, -0.05) is 36.1 Å². The Morgan fingerprint density at radius 3 is 2.83 bits per heavy atom. The van der Waals surface area contributed by atoms with Gasteiger partial charge in [0.2, 0.25) is 0 Å². The third kappa shape index (κ3) is 3.60. The number of carboxylic acids is 1. The van der Waals surface area contributed by atoms with Crippen LogP contribution in [0.1, 0.15) is 18.5 Å². The molecular formula is C16H12N3O3S2-. The maximum absolute atomic E-state index is 12.4. The number of nitrogens with zero attached hydrogens (tertiary/aromatic N) is 3. The molecule has 24 heavy (non-hydrogen) atoms. The standard InChI is InChI=1S/C16H13N3O3S2/c20-14(21)6-3-7-19-15(22)13(24-16(19)23)8-10-9-17-11-4-1-2-5-12(11)18-10/h1-2,4-5,8-9H,3,6-7H2,(H,20,21)/p-1/b13-8+. The minimum Gasteiger partial charge on any atom is -0.550 e. The Morgan fingerprint density at radius 1 is 1.33 bits per heavy atom. The first-order valence-electron chi connectivity index (χ1n) is 7.21. The summed E-state index contributed by atoms with van der Waals surface area (Å²) in [7, 11) is 0. The van der Waals surface area contributed by atoms with E-state index < -0.39 is 5.97 Å². The Bertz CT molecular complexity index is 867. The summed E-state index contributed by atoms with van der Waals surface area (Å²) in [5.74, 6) is -1.37. The zero-order chi connectivity index (χ0) is 17.1. The first-order valence-corrected chi connectivity index (χ1v) is 8.44. The molecule has 1 fully saturated rings. The number of thiocarbonyl (C=S) groups is 1. The summed E-state index contributed by atoms with van der Waals surface area (Å²) in [5, 5.41) is 10.5. The van der Waals surface area contributed by atoms with Crippen LogP contribution < -0.4 is 5.11 Å². The highest BCUT2D eigenvalue weighted by molar-refractivity contribution is 8.26. The van der Waals surface area contributed by atoms with Gasteiger partial charge in [0.05, 0.1) is 27.8 Å². The lowest BCUT2D eigenvalue weighted by Crippen LogP contribution is -2.30. The van der Waals surface area contributed by atoms with Crippen LogP contribution in [0, 0.1) is 0 Å². The monoisotopic (exact) mass is 358 g/mol. The molecule has 2 heterocycles. The average molecular weight is 358 g/mol. The minimum absolute atomic E-state index is 0.105. The predicted octanol–water partition coefficient (Wildman–Crippen LogP) is 1.36. The van der Waals surface area contributed by atoms with Gasteiger partial charge in [-0.05, 0) is 31.1 Å². The van der Waals surface area contributed by atoms with Gasteiger partial charge in [0.15, 0.2) is 0 Å². The quantitative estimate of drug-likeness (QED) is 0.589. The number of aliphatic carboxylic acids is 1. The summed E-state index contributed by atoms with van der Waals surface area (Å²) in [6.45, 7) is 0.263. The number of benzene rings is 1. The predicted molar refractivity (Wildman–Crippen MR) is 93.7 cm³/mol. The number of carboxylic acid groups (broad SMARTS) is 1. The van der Waals surface area contributed by atoms with E-state index in [4.69, 9.17) is 12.2 Å². The number of rotatable bonds is 5. The van der Waals surface area contributed by atoms with Gasteiger partial charge in [0.1, 0.15) is 4.32 Å². The summed E-state index contributed by atoms with van der Waals surface area (Å²) in [6, 6.07) is 7.47. The molecule has 0 radical (unpaired) electrons. The SMILES string of the molecule is O=C([O-])CCCN1C(=O)/C(=C\c2cnc3ccccc3n2)SC1=S. The maximum atomic E-state index is 12.4. The molecule has 2 aromatic rings. The van der Waals surface area contributed by atoms with E-state index in [1.54, 1.807) is 12.3 Å². The van der Waals surface area contributed by atoms with Gasteiger partial charge in [0.25, 0.3) is 5.91 Å². The largest absolute Gasteiger partial charge is 0.550 e. The van der Waals surface area contributed by atoms with Gasteiger partial charge in [-0.15, -0.1) is 0 Å². The van der Waals surface area contributed by atoms with Crippen LogP contribution in [0.5, 0.6) is 0 Å². The summed E-state index contributed by atoms with van der Waals surface area (Å²) < 4.78 is 0.415. The Morgan fingerprint density at radius 2 is 2.08 bits per heavy atom. The van der Waals surface area contributed by atoms with Crippen molar-refractivity contribution in [1.29, 1.82) is 0 Å². The maximum Gasteiger partial charge on any atom is 0.266 e. The molecule has 0 saturated carbocycles. The lowest BCUT2D eigenvalue weighted by Gasteiger charge is -2.14. The third-order valence-corrected chi connectivity index (χ3v) is 4.76. The number of fused-ring (bicyclic) bond motifs is 1. The van der Waals surface area contributed by atoms with Gasteiger partial charge in [-0.3, -0.25) is 14.7 Å². The molecule has 8 heteroatoms. The molecular weight excluding hydrogens is 346 g/mol. The lowest BCUT2D eigenvalue weighted by molar-refractivity contribution is -0.305. The number of hydrogen-bond acceptors (Lipinski definition) is 7. The molecule has 1 aliphatic rings. The molecule has 0 unspecified atom stereocenters. The zero-order valence-corrected chi connectivity index (χ0v) is 14.1. The molecule has 0 bridgehead atoms. The number of amides is 1. The van der Waals surface area contributed by atoms with Crippen molar-refractivity contribution < 1.29 is 14.7 Å². The fourth-order valence-corrected chi connectivity index (χ4v) is 3.54. The Hall–Kier alpha value is -2.32. The first kappa shape index (κ1) is 16.5. The van der Waals surface area contributed by atoms with Crippen LogP contribution in [-0.4, -0.2) is 37.6 Å². The summed E-state index contributed by atoms with van der Waals surface area (Å²) in [6.07, 6.45) is 3.45. The van der Waals surface area contributed by atoms with Crippen LogP contribution >= 0.6 is 24.0 Å². The smallest absolute Gasteiger partial charge is 0.266 e. The van der Waals surface area contributed by atoms with Crippen molar-refractivity contribution in [3.8, 4) is 0 Å². The highest BCUT2D eigenvalue weighted by Crippen LogP contribution is 2.32. The van der Waals surface area contributed by atoms with Gasteiger partial charge >= 0.3 is 0 Å². The molecule has 1 amide bonds. The van der Waals surface area contributed by atoms with E-state index in [0.717, 1.165) is 11.0 Å². The summed E-state index contributed by atoms with van der Waals surface area (Å²) in [4.78, 5) is 33.5. The molecule has 1 saturated heterocycles. The topological polar surface area (TPSA) is 86.2 Å². The lowest BCUT2D eigenvalue weighted by atomic mass is 10.2. The normalized spacial score (nSPS) is 16.3. The molecule has 1 aromatic carbocycles. The van der Waals surface area contributed by atoms with E-state index in [-0.39, 0.29) is 18.9 Å². The molecule has 6 nitrogen and oxygen atoms in total. The second-order valence-electron chi connectivity index (χ2n) is 5.09. The molecule has 0 N–H and O–H groups in total. The van der Waals surface area contributed by atoms with Gasteiger partial charge in [0, 0.05) is 12.5 Å². The number of carbonyl (C=O) groups excluding carboxylic acids is 2. The van der Waals surface area contributed by atoms with E-state index in [0.29, 0.717) is 21.3 Å². The Kier molecular flexibility index (Phi) is 4.86. The van der Waals surface area contributed by atoms with Crippen LogP contribution in [-0.2, 0) is 9.59 Å². The number of aromatic nitrogens is 2. The molecule has 0 spiro atoms. The molecule has 1 aliphatic heterocycles. The summed E-state index contributed by atoms with van der Waals surface area (Å²) in [5.41, 5.74) is 2.10. The van der Waals surface area contributed by atoms with Crippen LogP contribution in [0.15, 0.2) is 35.4 Å². The summed E-state index contributed by atoms with van der Waals surface area (Å²) >= 11 is 6.37. The second-order valence-corrected chi connectivity index (χ2v) is 6.77. The van der Waals surface area contributed by atoms with Gasteiger partial charge in [-0.25, -0.2) is 4.98 Å². The van der Waals surface area contributed by atoms with Crippen molar-refractivity contribution in [1.82, 2.24) is 14.9 Å². The van der Waals surface area contributed by atoms with E-state index in [2.05, 4.69) is 9.97 Å². The fraction of sp³-hybridized carbons (Fsp3) is 0.188. The van der Waals surface area contributed by atoms with Gasteiger partial charge in [-0.2, -0.15) is 0 Å². The second kappa shape index (κ2) is 7.06. The van der Waals surface area contributed by atoms with E-state index >= 15 is 0 Å². The van der Waals surface area contributed by atoms with Gasteiger partial charge < -0.3 is 9.90 Å². The molecule has 122 valence electrons. The number of hydrogen-bond donors (Lipinski definition) is 0.